The van der Waals surface area contributed by atoms with E-state index in [4.69, 9.17) is 27.9 Å². The summed E-state index contributed by atoms with van der Waals surface area (Å²) >= 11 is 16.6. The molecule has 2 aromatic carbocycles. The summed E-state index contributed by atoms with van der Waals surface area (Å²) in [6, 6.07) is 11.1. The fourth-order valence-electron chi connectivity index (χ4n) is 5.69. The highest BCUT2D eigenvalue weighted by Gasteiger charge is 2.44. The van der Waals surface area contributed by atoms with Gasteiger partial charge in [-0.1, -0.05) is 51.3 Å². The second-order valence-corrected chi connectivity index (χ2v) is 11.5. The Kier molecular flexibility index (Phi) is 7.98. The van der Waals surface area contributed by atoms with Crippen LogP contribution in [0, 0.1) is 0 Å². The average Bonchev–Trinajstić information content (AvgIpc) is 2.87. The maximum absolute atomic E-state index is 13.5. The van der Waals surface area contributed by atoms with E-state index in [9.17, 15) is 19.5 Å². The maximum atomic E-state index is 13.5. The number of Topliss-reactive ketones (excluding diaryl/α,β-unsaturated/α-hetero) is 2. The maximum Gasteiger partial charge on any atom is 0.305 e. The van der Waals surface area contributed by atoms with Crippen LogP contribution in [0.15, 0.2) is 63.4 Å². The highest BCUT2D eigenvalue weighted by Crippen LogP contribution is 2.52. The van der Waals surface area contributed by atoms with Gasteiger partial charge in [-0.25, -0.2) is 0 Å². The first-order valence-corrected chi connectivity index (χ1v) is 14.2. The molecule has 0 saturated carbocycles. The summed E-state index contributed by atoms with van der Waals surface area (Å²) in [5, 5.41) is 10.1. The number of hydrogen-bond acceptors (Lipinski definition) is 5. The molecule has 2 aromatic rings. The Hall–Kier alpha value is -2.61. The summed E-state index contributed by atoms with van der Waals surface area (Å²) in [5.41, 5.74) is 4.18. The molecule has 0 amide bonds. The van der Waals surface area contributed by atoms with Crippen molar-refractivity contribution in [2.75, 3.05) is 6.54 Å². The minimum atomic E-state index is -0.925. The zero-order chi connectivity index (χ0) is 27.0. The number of ketones is 2. The van der Waals surface area contributed by atoms with Gasteiger partial charge in [-0.15, -0.1) is 0 Å². The molecule has 0 aromatic heterocycles. The van der Waals surface area contributed by atoms with Gasteiger partial charge in [-0.3, -0.25) is 14.4 Å². The van der Waals surface area contributed by atoms with Gasteiger partial charge in [0.2, 0.25) is 0 Å². The molecular weight excluding hydrogens is 593 g/mol. The SMILES string of the molecule is O=C(O)CCN1C2=C(C(=O)CCC2)C(c2cc(Cl)cc(Cl)c2OCc2ccc(Br)cc2)C2=C1CCCC2=O. The molecule has 5 rings (SSSR count). The van der Waals surface area contributed by atoms with Gasteiger partial charge in [0.05, 0.1) is 11.4 Å². The third-order valence-corrected chi connectivity index (χ3v) is 8.31. The molecule has 1 aliphatic heterocycles. The largest absolute Gasteiger partial charge is 0.487 e. The van der Waals surface area contributed by atoms with Crippen LogP contribution in [0.4, 0.5) is 0 Å². The lowest BCUT2D eigenvalue weighted by Gasteiger charge is -2.44. The number of carboxylic acid groups (broad SMARTS) is 1. The van der Waals surface area contributed by atoms with Crippen LogP contribution in [0.1, 0.15) is 62.0 Å². The van der Waals surface area contributed by atoms with Gasteiger partial charge in [0.25, 0.3) is 0 Å². The molecule has 0 radical (unpaired) electrons. The molecule has 3 aliphatic rings. The Bertz CT molecular complexity index is 1340. The van der Waals surface area contributed by atoms with Crippen molar-refractivity contribution in [1.82, 2.24) is 4.90 Å². The van der Waals surface area contributed by atoms with E-state index in [1.54, 1.807) is 12.1 Å². The molecule has 0 saturated heterocycles. The smallest absolute Gasteiger partial charge is 0.305 e. The Balaban J connectivity index is 1.66. The number of halogens is 3. The van der Waals surface area contributed by atoms with Gasteiger partial charge in [-0.05, 0) is 55.5 Å². The molecular formula is C29H26BrCl2NO5. The Labute approximate surface area is 239 Å². The zero-order valence-corrected chi connectivity index (χ0v) is 23.7. The predicted molar refractivity (Wildman–Crippen MR) is 148 cm³/mol. The molecule has 2 aliphatic carbocycles. The van der Waals surface area contributed by atoms with Crippen LogP contribution in [-0.4, -0.2) is 34.1 Å². The highest BCUT2D eigenvalue weighted by molar-refractivity contribution is 9.10. The van der Waals surface area contributed by atoms with E-state index < -0.39 is 11.9 Å². The zero-order valence-electron chi connectivity index (χ0n) is 20.6. The molecule has 1 heterocycles. The van der Waals surface area contributed by atoms with E-state index in [0.29, 0.717) is 71.0 Å². The fourth-order valence-corrected chi connectivity index (χ4v) is 6.52. The van der Waals surface area contributed by atoms with Crippen LogP contribution in [0.25, 0.3) is 0 Å². The molecule has 6 nitrogen and oxygen atoms in total. The van der Waals surface area contributed by atoms with Gasteiger partial charge in [0.1, 0.15) is 12.4 Å². The normalized spacial score (nSPS) is 18.0. The number of hydrogen-bond donors (Lipinski definition) is 1. The van der Waals surface area contributed by atoms with Gasteiger partial charge in [0, 0.05) is 62.9 Å². The molecule has 0 bridgehead atoms. The van der Waals surface area contributed by atoms with Crippen LogP contribution in [0.3, 0.4) is 0 Å². The quantitative estimate of drug-likeness (QED) is 0.353. The van der Waals surface area contributed by atoms with Crippen LogP contribution in [0.5, 0.6) is 5.75 Å². The van der Waals surface area contributed by atoms with Crippen molar-refractivity contribution in [3.05, 3.63) is 84.6 Å². The molecule has 9 heteroatoms. The number of rotatable bonds is 7. The van der Waals surface area contributed by atoms with Crippen molar-refractivity contribution in [2.24, 2.45) is 0 Å². The van der Waals surface area contributed by atoms with Gasteiger partial charge in [0.15, 0.2) is 11.6 Å². The number of aliphatic carboxylic acids is 1. The summed E-state index contributed by atoms with van der Waals surface area (Å²) in [7, 11) is 0. The van der Waals surface area contributed by atoms with Crippen molar-refractivity contribution < 1.29 is 24.2 Å². The molecule has 198 valence electrons. The van der Waals surface area contributed by atoms with Gasteiger partial charge >= 0.3 is 5.97 Å². The first kappa shape index (κ1) is 27.0. The predicted octanol–water partition coefficient (Wildman–Crippen LogP) is 7.22. The van der Waals surface area contributed by atoms with Crippen molar-refractivity contribution in [1.29, 1.82) is 0 Å². The second kappa shape index (κ2) is 11.2. The summed E-state index contributed by atoms with van der Waals surface area (Å²) in [4.78, 5) is 40.4. The van der Waals surface area contributed by atoms with Gasteiger partial charge < -0.3 is 14.7 Å². The van der Waals surface area contributed by atoms with Crippen LogP contribution in [-0.2, 0) is 21.0 Å². The Morgan fingerprint density at radius 2 is 1.58 bits per heavy atom. The molecule has 0 fully saturated rings. The minimum absolute atomic E-state index is 0.0449. The lowest BCUT2D eigenvalue weighted by Crippen LogP contribution is -2.40. The van der Waals surface area contributed by atoms with Crippen LogP contribution >= 0.6 is 39.1 Å². The monoisotopic (exact) mass is 617 g/mol. The van der Waals surface area contributed by atoms with Crippen molar-refractivity contribution in [3.63, 3.8) is 0 Å². The minimum Gasteiger partial charge on any atom is -0.487 e. The lowest BCUT2D eigenvalue weighted by atomic mass is 9.70. The molecule has 1 N–H and O–H groups in total. The topological polar surface area (TPSA) is 83.9 Å². The van der Waals surface area contributed by atoms with E-state index in [1.165, 1.54) is 0 Å². The van der Waals surface area contributed by atoms with Crippen molar-refractivity contribution in [2.45, 2.75) is 57.5 Å². The van der Waals surface area contributed by atoms with E-state index >= 15 is 0 Å². The average molecular weight is 619 g/mol. The number of allylic oxidation sites excluding steroid dienone is 4. The summed E-state index contributed by atoms with van der Waals surface area (Å²) in [5.74, 6) is -1.30. The lowest BCUT2D eigenvalue weighted by molar-refractivity contribution is -0.137. The summed E-state index contributed by atoms with van der Waals surface area (Å²) < 4.78 is 7.22. The van der Waals surface area contributed by atoms with Crippen LogP contribution < -0.4 is 4.74 Å². The first-order valence-electron chi connectivity index (χ1n) is 12.6. The number of carbonyl (C=O) groups is 3. The third kappa shape index (κ3) is 5.29. The molecule has 0 spiro atoms. The second-order valence-electron chi connectivity index (χ2n) is 9.72. The van der Waals surface area contributed by atoms with E-state index in [-0.39, 0.29) is 31.1 Å². The van der Waals surface area contributed by atoms with E-state index in [1.807, 2.05) is 29.2 Å². The summed E-state index contributed by atoms with van der Waals surface area (Å²) in [6.07, 6.45) is 3.24. The Morgan fingerprint density at radius 3 is 2.16 bits per heavy atom. The van der Waals surface area contributed by atoms with Crippen LogP contribution in [0.2, 0.25) is 10.0 Å². The van der Waals surface area contributed by atoms with Crippen molar-refractivity contribution in [3.8, 4) is 5.75 Å². The molecule has 0 unspecified atom stereocenters. The number of ether oxygens (including phenoxy) is 1. The number of benzene rings is 2. The summed E-state index contributed by atoms with van der Waals surface area (Å²) in [6.45, 7) is 0.447. The fraction of sp³-hybridized carbons (Fsp3) is 0.345. The van der Waals surface area contributed by atoms with Crippen molar-refractivity contribution >= 4 is 56.7 Å². The van der Waals surface area contributed by atoms with E-state index in [2.05, 4.69) is 15.9 Å². The standard InChI is InChI=1S/C29H26BrCl2NO5/c30-17-9-7-16(8-10-17)15-38-29-19(13-18(31)14-20(29)32)26-27-21(3-1-5-23(27)34)33(12-11-25(36)37)22-4-2-6-24(35)28(22)26/h7-10,13-14,26H,1-6,11-12,15H2,(H,36,37). The molecule has 0 atom stereocenters. The van der Waals surface area contributed by atoms with Gasteiger partial charge in [-0.2, -0.15) is 0 Å². The first-order chi connectivity index (χ1) is 18.2. The number of carbonyl (C=O) groups excluding carboxylic acids is 2. The highest BCUT2D eigenvalue weighted by atomic mass is 79.9. The van der Waals surface area contributed by atoms with E-state index in [0.717, 1.165) is 21.4 Å². The number of carboxylic acids is 1. The molecule has 38 heavy (non-hydrogen) atoms. The number of nitrogens with zero attached hydrogens (tertiary/aromatic N) is 1. The third-order valence-electron chi connectivity index (χ3n) is 7.28. The Morgan fingerprint density at radius 1 is 0.974 bits per heavy atom.